The molecule has 14 heteroatoms. The fraction of sp³-hybridized carbons (Fsp3) is 0.545. The summed E-state index contributed by atoms with van der Waals surface area (Å²) >= 11 is 0. The van der Waals surface area contributed by atoms with E-state index in [-0.39, 0.29) is 29.3 Å². The number of halogens is 6. The highest BCUT2D eigenvalue weighted by Crippen LogP contribution is 2.44. The Bertz CT molecular complexity index is 1210. The number of alkyl halides is 6. The summed E-state index contributed by atoms with van der Waals surface area (Å²) in [5, 5.41) is 7.84. The van der Waals surface area contributed by atoms with Gasteiger partial charge in [-0.1, -0.05) is 11.2 Å². The van der Waals surface area contributed by atoms with Crippen LogP contribution in [0.15, 0.2) is 28.8 Å². The van der Waals surface area contributed by atoms with Crippen molar-refractivity contribution in [1.82, 2.24) is 24.9 Å². The number of ether oxygens (including phenoxy) is 1. The maximum atomic E-state index is 13.2. The van der Waals surface area contributed by atoms with Gasteiger partial charge in [0.1, 0.15) is 12.3 Å². The van der Waals surface area contributed by atoms with E-state index in [9.17, 15) is 26.3 Å². The molecule has 2 bridgehead atoms. The summed E-state index contributed by atoms with van der Waals surface area (Å²) in [4.78, 5) is 10.4. The Morgan fingerprint density at radius 1 is 1.06 bits per heavy atom. The molecule has 3 aromatic rings. The third-order valence-electron chi connectivity index (χ3n) is 6.62. The zero-order chi connectivity index (χ0) is 25.7. The summed E-state index contributed by atoms with van der Waals surface area (Å²) in [5.41, 5.74) is -0.984. The minimum atomic E-state index is -4.63. The van der Waals surface area contributed by atoms with E-state index in [1.165, 1.54) is 6.07 Å². The van der Waals surface area contributed by atoms with Crippen LogP contribution in [0.3, 0.4) is 0 Å². The van der Waals surface area contributed by atoms with E-state index >= 15 is 0 Å². The predicted molar refractivity (Wildman–Crippen MR) is 112 cm³/mol. The Hall–Kier alpha value is -3.32. The van der Waals surface area contributed by atoms with Crippen LogP contribution in [0.25, 0.3) is 0 Å². The molecule has 0 spiro atoms. The second kappa shape index (κ2) is 8.96. The van der Waals surface area contributed by atoms with Crippen molar-refractivity contribution in [1.29, 1.82) is 0 Å². The Kier molecular flexibility index (Phi) is 6.07. The number of rotatable bonds is 6. The molecule has 3 heterocycles. The van der Waals surface area contributed by atoms with E-state index in [0.717, 1.165) is 25.0 Å². The van der Waals surface area contributed by atoms with Gasteiger partial charge in [0, 0.05) is 19.5 Å². The van der Waals surface area contributed by atoms with E-state index in [4.69, 9.17) is 9.26 Å². The first kappa shape index (κ1) is 24.4. The zero-order valence-corrected chi connectivity index (χ0v) is 19.1. The fourth-order valence-corrected chi connectivity index (χ4v) is 5.10. The molecule has 5 rings (SSSR count). The molecule has 1 aliphatic heterocycles. The summed E-state index contributed by atoms with van der Waals surface area (Å²) in [6.07, 6.45) is -7.04. The van der Waals surface area contributed by atoms with E-state index in [2.05, 4.69) is 20.2 Å². The van der Waals surface area contributed by atoms with Gasteiger partial charge in [0.05, 0.1) is 5.56 Å². The second-order valence-corrected chi connectivity index (χ2v) is 9.21. The van der Waals surface area contributed by atoms with Gasteiger partial charge in [-0.25, -0.2) is 4.68 Å². The molecule has 2 fully saturated rings. The lowest BCUT2D eigenvalue weighted by atomic mass is 9.82. The van der Waals surface area contributed by atoms with E-state index in [1.54, 1.807) is 6.92 Å². The number of piperidine rings is 1. The number of anilines is 1. The molecule has 2 atom stereocenters. The lowest BCUT2D eigenvalue weighted by Gasteiger charge is -2.36. The number of aryl methyl sites for hydroxylation is 1. The maximum Gasteiger partial charge on any atom is 0.416 e. The van der Waals surface area contributed by atoms with Crippen molar-refractivity contribution in [2.75, 3.05) is 18.0 Å². The minimum absolute atomic E-state index is 0.133. The van der Waals surface area contributed by atoms with Crippen LogP contribution in [-0.4, -0.2) is 44.2 Å². The Balaban J connectivity index is 1.35. The largest absolute Gasteiger partial charge is 0.424 e. The van der Waals surface area contributed by atoms with Gasteiger partial charge >= 0.3 is 24.4 Å². The van der Waals surface area contributed by atoms with Gasteiger partial charge in [0.25, 0.3) is 0 Å². The average molecular weight is 516 g/mol. The van der Waals surface area contributed by atoms with Gasteiger partial charge in [-0.3, -0.25) is 0 Å². The van der Waals surface area contributed by atoms with Gasteiger partial charge in [0.15, 0.2) is 11.6 Å². The third-order valence-corrected chi connectivity index (χ3v) is 6.62. The van der Waals surface area contributed by atoms with E-state index < -0.39 is 30.5 Å². The highest BCUT2D eigenvalue weighted by molar-refractivity contribution is 5.32. The Labute approximate surface area is 201 Å². The van der Waals surface area contributed by atoms with Gasteiger partial charge in [0.2, 0.25) is 0 Å². The summed E-state index contributed by atoms with van der Waals surface area (Å²) < 4.78 is 89.8. The molecule has 2 aromatic heterocycles. The molecular formula is C22H22F6N6O2. The first-order valence-corrected chi connectivity index (χ1v) is 11.4. The molecule has 0 amide bonds. The molecule has 8 nitrogen and oxygen atoms in total. The molecule has 194 valence electrons. The minimum Gasteiger partial charge on any atom is -0.424 e. The van der Waals surface area contributed by atoms with E-state index in [1.807, 2.05) is 4.90 Å². The average Bonchev–Trinajstić information content (AvgIpc) is 3.43. The molecule has 2 aliphatic rings. The highest BCUT2D eigenvalue weighted by atomic mass is 19.4. The van der Waals surface area contributed by atoms with Crippen molar-refractivity contribution in [3.05, 3.63) is 41.5 Å². The molecular weight excluding hydrogens is 494 g/mol. The van der Waals surface area contributed by atoms with Crippen LogP contribution >= 0.6 is 0 Å². The Morgan fingerprint density at radius 2 is 1.78 bits per heavy atom. The topological polar surface area (TPSA) is 82.1 Å². The van der Waals surface area contributed by atoms with Crippen molar-refractivity contribution in [2.24, 2.45) is 17.8 Å². The normalized spacial score (nSPS) is 22.3. The van der Waals surface area contributed by atoms with Crippen molar-refractivity contribution >= 4 is 6.01 Å². The number of aromatic nitrogens is 5. The van der Waals surface area contributed by atoms with Crippen molar-refractivity contribution in [3.8, 4) is 11.8 Å². The van der Waals surface area contributed by atoms with Crippen molar-refractivity contribution in [2.45, 2.75) is 45.1 Å². The van der Waals surface area contributed by atoms with Crippen LogP contribution < -0.4 is 9.64 Å². The SMILES string of the molecule is Cc1noc(N2CC3CCC(C2)C3Cc2nc(Oc3cccc(C(F)(F)F)c3)n(CC(F)(F)F)n2)n1. The van der Waals surface area contributed by atoms with Crippen LogP contribution in [0, 0.1) is 24.7 Å². The van der Waals surface area contributed by atoms with Gasteiger partial charge in [-0.05, 0) is 55.7 Å². The van der Waals surface area contributed by atoms with Crippen LogP contribution in [0.1, 0.15) is 30.1 Å². The monoisotopic (exact) mass is 516 g/mol. The van der Waals surface area contributed by atoms with Crippen LogP contribution in [0.4, 0.5) is 32.4 Å². The molecule has 0 radical (unpaired) electrons. The highest BCUT2D eigenvalue weighted by Gasteiger charge is 2.44. The number of hydrogen-bond donors (Lipinski definition) is 0. The first-order chi connectivity index (χ1) is 16.9. The maximum absolute atomic E-state index is 13.2. The molecule has 0 N–H and O–H groups in total. The summed E-state index contributed by atoms with van der Waals surface area (Å²) in [6.45, 7) is 1.59. The van der Waals surface area contributed by atoms with Gasteiger partial charge in [-0.2, -0.15) is 41.4 Å². The van der Waals surface area contributed by atoms with Gasteiger partial charge in [-0.15, -0.1) is 0 Å². The molecule has 1 aliphatic carbocycles. The van der Waals surface area contributed by atoms with Crippen LogP contribution in [0.5, 0.6) is 11.8 Å². The van der Waals surface area contributed by atoms with Crippen LogP contribution in [-0.2, 0) is 19.1 Å². The smallest absolute Gasteiger partial charge is 0.416 e. The number of hydrogen-bond acceptors (Lipinski definition) is 7. The lowest BCUT2D eigenvalue weighted by Crippen LogP contribution is -2.43. The number of fused-ring (bicyclic) bond motifs is 2. The van der Waals surface area contributed by atoms with E-state index in [0.29, 0.717) is 42.1 Å². The fourth-order valence-electron chi connectivity index (χ4n) is 5.10. The van der Waals surface area contributed by atoms with Crippen molar-refractivity contribution in [3.63, 3.8) is 0 Å². The second-order valence-electron chi connectivity index (χ2n) is 9.21. The summed E-state index contributed by atoms with van der Waals surface area (Å²) in [6, 6.07) is 3.83. The molecule has 1 aromatic carbocycles. The molecule has 2 unspecified atom stereocenters. The Morgan fingerprint density at radius 3 is 2.39 bits per heavy atom. The van der Waals surface area contributed by atoms with Crippen molar-refractivity contribution < 1.29 is 35.6 Å². The van der Waals surface area contributed by atoms with Crippen LogP contribution in [0.2, 0.25) is 0 Å². The van der Waals surface area contributed by atoms with Gasteiger partial charge < -0.3 is 14.2 Å². The third kappa shape index (κ3) is 5.26. The number of benzene rings is 1. The lowest BCUT2D eigenvalue weighted by molar-refractivity contribution is -0.143. The summed E-state index contributed by atoms with van der Waals surface area (Å²) in [5.74, 6) is 1.01. The molecule has 1 saturated heterocycles. The first-order valence-electron chi connectivity index (χ1n) is 11.4. The predicted octanol–water partition coefficient (Wildman–Crippen LogP) is 5.05. The molecule has 1 saturated carbocycles. The molecule has 36 heavy (non-hydrogen) atoms. The number of nitrogens with zero attached hydrogens (tertiary/aromatic N) is 6. The summed E-state index contributed by atoms with van der Waals surface area (Å²) in [7, 11) is 0. The quantitative estimate of drug-likeness (QED) is 0.424. The standard InChI is InChI=1S/C22H22F6N6O2/c1-12-29-19(36-32-12)33-9-13-5-6-14(10-33)17(13)8-18-30-20(34(31-18)11-21(23,24)25)35-16-4-2-3-15(7-16)22(26,27)28/h2-4,7,13-14,17H,5-6,8-11H2,1H3. The zero-order valence-electron chi connectivity index (χ0n) is 19.1.